The minimum absolute atomic E-state index is 0.0391. The summed E-state index contributed by atoms with van der Waals surface area (Å²) in [6.07, 6.45) is 7.08. The molecule has 0 spiro atoms. The van der Waals surface area contributed by atoms with Crippen LogP contribution in [0.3, 0.4) is 0 Å². The molecule has 1 amide bonds. The van der Waals surface area contributed by atoms with Crippen molar-refractivity contribution in [1.29, 1.82) is 0 Å². The lowest BCUT2D eigenvalue weighted by molar-refractivity contribution is -0.120. The van der Waals surface area contributed by atoms with Crippen LogP contribution in [0.5, 0.6) is 0 Å². The topological polar surface area (TPSA) is 117 Å². The zero-order valence-electron chi connectivity index (χ0n) is 28.6. The van der Waals surface area contributed by atoms with E-state index in [1.54, 1.807) is 57.6 Å². The van der Waals surface area contributed by atoms with Gasteiger partial charge in [0.05, 0.1) is 29.6 Å². The molecule has 1 heterocycles. The second-order valence-corrected chi connectivity index (χ2v) is 12.7. The number of hydrogen-bond donors (Lipinski definition) is 3. The summed E-state index contributed by atoms with van der Waals surface area (Å²) in [5, 5.41) is 17.4. The summed E-state index contributed by atoms with van der Waals surface area (Å²) in [5.74, 6) is -1.59. The smallest absolute Gasteiger partial charge is 0.251 e. The van der Waals surface area contributed by atoms with Gasteiger partial charge in [0.25, 0.3) is 5.91 Å². The molecule has 1 aliphatic heterocycles. The lowest BCUT2D eigenvalue weighted by atomic mass is 9.81. The molecule has 3 N–H and O–H groups in total. The molecule has 0 radical (unpaired) electrons. The van der Waals surface area contributed by atoms with E-state index < -0.39 is 23.9 Å². The van der Waals surface area contributed by atoms with Crippen LogP contribution in [0.15, 0.2) is 82.7 Å². The fourth-order valence-electron chi connectivity index (χ4n) is 5.86. The Kier molecular flexibility index (Phi) is 13.9. The van der Waals surface area contributed by atoms with Crippen LogP contribution in [-0.2, 0) is 23.9 Å². The first kappa shape index (κ1) is 36.8. The number of methoxy groups -OCH3 is 2. The van der Waals surface area contributed by atoms with Crippen LogP contribution in [0.2, 0.25) is 0 Å². The molecule has 5 atom stereocenters. The van der Waals surface area contributed by atoms with E-state index in [0.717, 1.165) is 5.57 Å². The molecule has 0 aromatic heterocycles. The SMILES string of the molecule is CO[C@@H]1/C=C\C=C(/C)C(=O)NC2=C(c3ccccc3)C(=O)C(NCCN(C)C)=C(C[C@@H](C)C[C@H](OC)[C@H](O)[C@@H](C)/C=C(\C)C1)C2=O. The third-order valence-corrected chi connectivity index (χ3v) is 8.48. The zero-order chi connectivity index (χ0) is 34.0. The Bertz CT molecular complexity index is 1410. The van der Waals surface area contributed by atoms with Gasteiger partial charge in [0.15, 0.2) is 0 Å². The Balaban J connectivity index is 2.18. The summed E-state index contributed by atoms with van der Waals surface area (Å²) >= 11 is 0. The number of benzene rings is 1. The molecule has 3 rings (SSSR count). The molecule has 9 heteroatoms. The molecule has 2 bridgehead atoms. The minimum atomic E-state index is -0.790. The van der Waals surface area contributed by atoms with E-state index in [-0.39, 0.29) is 47.1 Å². The highest BCUT2D eigenvalue weighted by Gasteiger charge is 2.37. The van der Waals surface area contributed by atoms with Gasteiger partial charge in [-0.15, -0.1) is 0 Å². The number of aliphatic hydroxyl groups is 1. The molecule has 0 saturated heterocycles. The number of ether oxygens (including phenoxy) is 2. The second kappa shape index (κ2) is 17.3. The lowest BCUT2D eigenvalue weighted by Gasteiger charge is -2.30. The fourth-order valence-corrected chi connectivity index (χ4v) is 5.86. The van der Waals surface area contributed by atoms with Crippen molar-refractivity contribution in [3.05, 3.63) is 88.3 Å². The van der Waals surface area contributed by atoms with Gasteiger partial charge in [-0.2, -0.15) is 0 Å². The number of rotatable bonds is 7. The van der Waals surface area contributed by atoms with E-state index in [9.17, 15) is 19.5 Å². The van der Waals surface area contributed by atoms with Crippen LogP contribution in [0.1, 0.15) is 52.5 Å². The number of carbonyl (C=O) groups excluding carboxylic acids is 3. The van der Waals surface area contributed by atoms with Crippen molar-refractivity contribution in [3.63, 3.8) is 0 Å². The van der Waals surface area contributed by atoms with Gasteiger partial charge >= 0.3 is 0 Å². The molecular weight excluding hydrogens is 582 g/mol. The van der Waals surface area contributed by atoms with Gasteiger partial charge in [0, 0.05) is 44.4 Å². The highest BCUT2D eigenvalue weighted by molar-refractivity contribution is 6.39. The summed E-state index contributed by atoms with van der Waals surface area (Å²) in [4.78, 5) is 44.2. The van der Waals surface area contributed by atoms with Gasteiger partial charge in [0.2, 0.25) is 11.6 Å². The molecule has 0 saturated carbocycles. The van der Waals surface area contributed by atoms with Crippen molar-refractivity contribution in [2.45, 2.75) is 65.3 Å². The molecule has 2 aliphatic rings. The molecule has 0 fully saturated rings. The number of allylic oxidation sites excluding steroid dienone is 4. The molecule has 250 valence electrons. The molecule has 1 aromatic rings. The number of amides is 1. The molecular formula is C37H51N3O6. The maximum atomic E-state index is 14.4. The predicted molar refractivity (Wildman–Crippen MR) is 182 cm³/mol. The Labute approximate surface area is 274 Å². The highest BCUT2D eigenvalue weighted by Crippen LogP contribution is 2.34. The number of nitrogens with zero attached hydrogens (tertiary/aromatic N) is 1. The molecule has 9 nitrogen and oxygen atoms in total. The number of hydrogen-bond acceptors (Lipinski definition) is 8. The van der Waals surface area contributed by atoms with Crippen LogP contribution < -0.4 is 10.6 Å². The third-order valence-electron chi connectivity index (χ3n) is 8.48. The number of carbonyl (C=O) groups is 3. The van der Waals surface area contributed by atoms with Crippen LogP contribution in [0.4, 0.5) is 0 Å². The first-order chi connectivity index (χ1) is 21.9. The van der Waals surface area contributed by atoms with E-state index in [1.165, 1.54) is 0 Å². The second-order valence-electron chi connectivity index (χ2n) is 12.7. The van der Waals surface area contributed by atoms with Crippen molar-refractivity contribution >= 4 is 23.0 Å². The summed E-state index contributed by atoms with van der Waals surface area (Å²) < 4.78 is 11.4. The molecule has 1 aliphatic carbocycles. The van der Waals surface area contributed by atoms with E-state index in [1.807, 2.05) is 58.0 Å². The van der Waals surface area contributed by atoms with Gasteiger partial charge < -0.3 is 30.1 Å². The Hall–Kier alpha value is -3.63. The average molecular weight is 634 g/mol. The predicted octanol–water partition coefficient (Wildman–Crippen LogP) is 4.37. The number of aliphatic hydroxyl groups excluding tert-OH is 1. The van der Waals surface area contributed by atoms with E-state index in [0.29, 0.717) is 42.6 Å². The Morgan fingerprint density at radius 3 is 2.33 bits per heavy atom. The van der Waals surface area contributed by atoms with E-state index in [4.69, 9.17) is 9.47 Å². The Morgan fingerprint density at radius 2 is 1.70 bits per heavy atom. The third kappa shape index (κ3) is 9.69. The fraction of sp³-hybridized carbons (Fsp3) is 0.486. The average Bonchev–Trinajstić information content (AvgIpc) is 3.02. The number of Topliss-reactive ketones (excluding diaryl/α,β-unsaturated/α-hetero) is 2. The number of ketones is 2. The molecule has 46 heavy (non-hydrogen) atoms. The Morgan fingerprint density at radius 1 is 1.00 bits per heavy atom. The maximum absolute atomic E-state index is 14.4. The van der Waals surface area contributed by atoms with Crippen molar-refractivity contribution in [3.8, 4) is 0 Å². The maximum Gasteiger partial charge on any atom is 0.251 e. The molecule has 0 unspecified atom stereocenters. The summed E-state index contributed by atoms with van der Waals surface area (Å²) in [6, 6.07) is 8.94. The monoisotopic (exact) mass is 633 g/mol. The van der Waals surface area contributed by atoms with Crippen molar-refractivity contribution < 1.29 is 29.0 Å². The van der Waals surface area contributed by atoms with E-state index in [2.05, 4.69) is 10.6 Å². The highest BCUT2D eigenvalue weighted by atomic mass is 16.5. The minimum Gasteiger partial charge on any atom is -0.390 e. The normalized spacial score (nSPS) is 28.8. The van der Waals surface area contributed by atoms with Crippen molar-refractivity contribution in [1.82, 2.24) is 15.5 Å². The standard InChI is InChI=1S/C37H51N3O6/c1-23-19-26(4)34(41)30(46-8)22-24(2)21-29-32(38-17-18-40(5)6)36(43)31(27-14-10-9-11-15-27)33(35(29)42)39-37(44)25(3)13-12-16-28(20-23)45-7/h9-16,19,24,26,28,30,34,38,41H,17-18,20-22H2,1-8H3,(H,39,44)/b16-12-,23-19+,25-13+/t24-,26+,28-,30+,34-/m1/s1. The summed E-state index contributed by atoms with van der Waals surface area (Å²) in [5.41, 5.74) is 2.62. The first-order valence-corrected chi connectivity index (χ1v) is 16.0. The van der Waals surface area contributed by atoms with Crippen LogP contribution in [0.25, 0.3) is 5.57 Å². The van der Waals surface area contributed by atoms with Gasteiger partial charge in [-0.3, -0.25) is 14.4 Å². The van der Waals surface area contributed by atoms with E-state index >= 15 is 0 Å². The van der Waals surface area contributed by atoms with Crippen LogP contribution in [-0.4, -0.2) is 87.2 Å². The zero-order valence-corrected chi connectivity index (χ0v) is 28.6. The van der Waals surface area contributed by atoms with Crippen LogP contribution in [0, 0.1) is 11.8 Å². The quantitative estimate of drug-likeness (QED) is 0.300. The van der Waals surface area contributed by atoms with Gasteiger partial charge in [-0.05, 0) is 58.7 Å². The number of fused-ring (bicyclic) bond motifs is 2. The van der Waals surface area contributed by atoms with Gasteiger partial charge in [-0.1, -0.05) is 74.1 Å². The molecule has 1 aromatic carbocycles. The largest absolute Gasteiger partial charge is 0.390 e. The number of likely N-dealkylation sites (N-methyl/N-ethyl adjacent to an activating group) is 1. The first-order valence-electron chi connectivity index (χ1n) is 16.0. The lowest BCUT2D eigenvalue weighted by Crippen LogP contribution is -2.40. The number of nitrogens with one attached hydrogen (secondary N) is 2. The van der Waals surface area contributed by atoms with Gasteiger partial charge in [-0.25, -0.2) is 0 Å². The summed E-state index contributed by atoms with van der Waals surface area (Å²) in [7, 11) is 7.07. The van der Waals surface area contributed by atoms with Crippen molar-refractivity contribution in [2.75, 3.05) is 41.4 Å². The van der Waals surface area contributed by atoms with Gasteiger partial charge in [0.1, 0.15) is 5.70 Å². The summed E-state index contributed by atoms with van der Waals surface area (Å²) in [6.45, 7) is 8.69. The van der Waals surface area contributed by atoms with Crippen molar-refractivity contribution in [2.24, 2.45) is 11.8 Å². The van der Waals surface area contributed by atoms with Crippen LogP contribution >= 0.6 is 0 Å².